The molecule has 2 saturated heterocycles. The van der Waals surface area contributed by atoms with Crippen molar-refractivity contribution in [2.75, 3.05) is 33.0 Å². The van der Waals surface area contributed by atoms with Crippen molar-refractivity contribution in [3.8, 4) is 0 Å². The summed E-state index contributed by atoms with van der Waals surface area (Å²) in [4.78, 5) is 0. The SMILES string of the molecule is C[C@]12CCC3(CC1/C(=C/CO)C[C@@H]1[C@@H]2CC[C@@]2(C)[C@H]1CCC21OCCO1)OCCO3. The third-order valence-corrected chi connectivity index (χ3v) is 10.5. The van der Waals surface area contributed by atoms with E-state index in [9.17, 15) is 5.11 Å². The highest BCUT2D eigenvalue weighted by atomic mass is 16.7. The Bertz CT molecular complexity index is 721. The molecule has 1 unspecified atom stereocenters. The zero-order valence-electron chi connectivity index (χ0n) is 18.7. The zero-order chi connectivity index (χ0) is 20.6. The van der Waals surface area contributed by atoms with Crippen LogP contribution in [0.5, 0.6) is 0 Å². The van der Waals surface area contributed by atoms with Gasteiger partial charge in [-0.1, -0.05) is 25.5 Å². The summed E-state index contributed by atoms with van der Waals surface area (Å²) in [5.74, 6) is 1.77. The van der Waals surface area contributed by atoms with E-state index < -0.39 is 0 Å². The normalized spacial score (nSPS) is 50.0. The van der Waals surface area contributed by atoms with E-state index in [0.717, 1.165) is 64.4 Å². The van der Waals surface area contributed by atoms with Crippen LogP contribution in [0.15, 0.2) is 11.6 Å². The van der Waals surface area contributed by atoms with Crippen molar-refractivity contribution in [3.05, 3.63) is 11.6 Å². The fourth-order valence-electron chi connectivity index (χ4n) is 9.07. The maximum atomic E-state index is 9.87. The Labute approximate surface area is 180 Å². The summed E-state index contributed by atoms with van der Waals surface area (Å²) in [5.41, 5.74) is 1.84. The number of rotatable bonds is 1. The van der Waals surface area contributed by atoms with Gasteiger partial charge in [-0.3, -0.25) is 0 Å². The predicted molar refractivity (Wildman–Crippen MR) is 112 cm³/mol. The van der Waals surface area contributed by atoms with E-state index in [1.807, 2.05) is 0 Å². The van der Waals surface area contributed by atoms with Gasteiger partial charge in [-0.2, -0.15) is 0 Å². The molecule has 0 amide bonds. The van der Waals surface area contributed by atoms with E-state index in [-0.39, 0.29) is 29.0 Å². The van der Waals surface area contributed by atoms with Crippen LogP contribution in [-0.4, -0.2) is 49.7 Å². The average molecular weight is 419 g/mol. The van der Waals surface area contributed by atoms with Crippen LogP contribution in [0, 0.1) is 34.5 Å². The van der Waals surface area contributed by atoms with E-state index in [1.54, 1.807) is 0 Å². The lowest BCUT2D eigenvalue weighted by Gasteiger charge is -2.63. The van der Waals surface area contributed by atoms with Gasteiger partial charge in [0.15, 0.2) is 11.6 Å². The van der Waals surface area contributed by atoms with E-state index in [4.69, 9.17) is 18.9 Å². The Kier molecular flexibility index (Phi) is 4.55. The molecule has 4 aliphatic carbocycles. The monoisotopic (exact) mass is 418 g/mol. The van der Waals surface area contributed by atoms with E-state index >= 15 is 0 Å². The molecule has 30 heavy (non-hydrogen) atoms. The van der Waals surface area contributed by atoms with Crippen molar-refractivity contribution >= 4 is 0 Å². The summed E-state index contributed by atoms with van der Waals surface area (Å²) < 4.78 is 24.9. The summed E-state index contributed by atoms with van der Waals surface area (Å²) in [6, 6.07) is 0. The molecule has 2 aliphatic heterocycles. The van der Waals surface area contributed by atoms with Gasteiger partial charge in [0, 0.05) is 24.7 Å². The third-order valence-electron chi connectivity index (χ3n) is 10.5. The molecule has 2 heterocycles. The number of hydrogen-bond acceptors (Lipinski definition) is 5. The second-order valence-electron chi connectivity index (χ2n) is 11.4. The second-order valence-corrected chi connectivity index (χ2v) is 11.4. The Hall–Kier alpha value is -0.460. The first-order valence-corrected chi connectivity index (χ1v) is 12.3. The number of aliphatic hydroxyl groups excluding tert-OH is 1. The largest absolute Gasteiger partial charge is 0.392 e. The average Bonchev–Trinajstić information content (AvgIpc) is 3.45. The molecule has 168 valence electrons. The fraction of sp³-hybridized carbons (Fsp3) is 0.920. The summed E-state index contributed by atoms with van der Waals surface area (Å²) in [6.45, 7) is 8.05. The Morgan fingerprint density at radius 1 is 0.900 bits per heavy atom. The first-order chi connectivity index (χ1) is 14.5. The molecule has 6 aliphatic rings. The van der Waals surface area contributed by atoms with Gasteiger partial charge in [-0.15, -0.1) is 0 Å². The van der Waals surface area contributed by atoms with Crippen LogP contribution in [0.2, 0.25) is 0 Å². The number of fused-ring (bicyclic) bond motifs is 6. The second kappa shape index (κ2) is 6.77. The van der Waals surface area contributed by atoms with Crippen molar-refractivity contribution in [3.63, 3.8) is 0 Å². The lowest BCUT2D eigenvalue weighted by molar-refractivity contribution is -0.252. The van der Waals surface area contributed by atoms with Crippen LogP contribution in [-0.2, 0) is 18.9 Å². The van der Waals surface area contributed by atoms with Gasteiger partial charge < -0.3 is 24.1 Å². The van der Waals surface area contributed by atoms with Gasteiger partial charge in [0.1, 0.15) is 0 Å². The van der Waals surface area contributed by atoms with Gasteiger partial charge >= 0.3 is 0 Å². The smallest absolute Gasteiger partial charge is 0.174 e. The molecule has 6 rings (SSSR count). The van der Waals surface area contributed by atoms with Crippen molar-refractivity contribution in [2.45, 2.75) is 76.8 Å². The van der Waals surface area contributed by atoms with Crippen LogP contribution in [0.25, 0.3) is 0 Å². The maximum Gasteiger partial charge on any atom is 0.174 e. The quantitative estimate of drug-likeness (QED) is 0.651. The highest BCUT2D eigenvalue weighted by Crippen LogP contribution is 2.71. The Balaban J connectivity index is 1.35. The predicted octanol–water partition coefficient (Wildman–Crippen LogP) is 4.04. The summed E-state index contributed by atoms with van der Waals surface area (Å²) in [7, 11) is 0. The highest BCUT2D eigenvalue weighted by molar-refractivity contribution is 5.24. The van der Waals surface area contributed by atoms with Crippen molar-refractivity contribution in [1.82, 2.24) is 0 Å². The van der Waals surface area contributed by atoms with Crippen LogP contribution in [0.1, 0.15) is 65.2 Å². The van der Waals surface area contributed by atoms with Crippen molar-refractivity contribution in [2.24, 2.45) is 34.5 Å². The molecule has 4 saturated carbocycles. The molecule has 0 aromatic rings. The molecule has 6 fully saturated rings. The van der Waals surface area contributed by atoms with Gasteiger partial charge in [-0.05, 0) is 61.2 Å². The first-order valence-electron chi connectivity index (χ1n) is 12.3. The lowest BCUT2D eigenvalue weighted by Crippen LogP contribution is -2.59. The van der Waals surface area contributed by atoms with Gasteiger partial charge in [0.25, 0.3) is 0 Å². The minimum absolute atomic E-state index is 0.117. The van der Waals surface area contributed by atoms with Crippen molar-refractivity contribution in [1.29, 1.82) is 0 Å². The zero-order valence-corrected chi connectivity index (χ0v) is 18.7. The minimum Gasteiger partial charge on any atom is -0.392 e. The Morgan fingerprint density at radius 2 is 1.60 bits per heavy atom. The molecule has 5 heteroatoms. The highest BCUT2D eigenvalue weighted by Gasteiger charge is 2.68. The number of aliphatic hydroxyl groups is 1. The maximum absolute atomic E-state index is 9.87. The summed E-state index contributed by atoms with van der Waals surface area (Å²) >= 11 is 0. The van der Waals surface area contributed by atoms with Crippen molar-refractivity contribution < 1.29 is 24.1 Å². The standard InChI is InChI=1S/C25H38O5/c1-22-8-9-24(27-11-12-28-24)16-21(22)17(5-10-26)15-18-19(22)3-6-23(2)20(18)4-7-25(23)29-13-14-30-25/h5,18-21,26H,3-4,6-16H2,1-2H3/b17-5+/t18-,19+,20+,21?,22-,23+/m1/s1. The molecule has 0 bridgehead atoms. The molecule has 0 radical (unpaired) electrons. The van der Waals surface area contributed by atoms with Crippen LogP contribution < -0.4 is 0 Å². The molecule has 0 aromatic heterocycles. The number of hydrogen-bond donors (Lipinski definition) is 1. The van der Waals surface area contributed by atoms with Crippen LogP contribution in [0.4, 0.5) is 0 Å². The molecule has 1 N–H and O–H groups in total. The molecule has 6 atom stereocenters. The minimum atomic E-state index is -0.377. The summed E-state index contributed by atoms with van der Waals surface area (Å²) in [5, 5.41) is 9.87. The van der Waals surface area contributed by atoms with E-state index in [0.29, 0.717) is 17.8 Å². The van der Waals surface area contributed by atoms with Gasteiger partial charge in [0.05, 0.1) is 33.0 Å². The lowest BCUT2D eigenvalue weighted by atomic mass is 9.43. The molecular weight excluding hydrogens is 380 g/mol. The van der Waals surface area contributed by atoms with Gasteiger partial charge in [0.2, 0.25) is 0 Å². The molecule has 2 spiro atoms. The number of ether oxygens (including phenoxy) is 4. The molecule has 0 aromatic carbocycles. The molecule has 5 nitrogen and oxygen atoms in total. The summed E-state index contributed by atoms with van der Waals surface area (Å²) in [6.07, 6.45) is 11.1. The first kappa shape index (κ1) is 20.2. The van der Waals surface area contributed by atoms with E-state index in [1.165, 1.54) is 24.8 Å². The Morgan fingerprint density at radius 3 is 2.33 bits per heavy atom. The van der Waals surface area contributed by atoms with E-state index in [2.05, 4.69) is 19.9 Å². The fourth-order valence-corrected chi connectivity index (χ4v) is 9.07. The topological polar surface area (TPSA) is 57.2 Å². The van der Waals surface area contributed by atoms with Gasteiger partial charge in [-0.25, -0.2) is 0 Å². The van der Waals surface area contributed by atoms with Crippen LogP contribution in [0.3, 0.4) is 0 Å². The molecular formula is C25H38O5. The number of allylic oxidation sites excluding steroid dienone is 1. The van der Waals surface area contributed by atoms with Crippen LogP contribution >= 0.6 is 0 Å². The third kappa shape index (κ3) is 2.53.